The van der Waals surface area contributed by atoms with Crippen molar-refractivity contribution in [2.75, 3.05) is 18.0 Å². The van der Waals surface area contributed by atoms with Crippen LogP contribution in [0.3, 0.4) is 0 Å². The first-order chi connectivity index (χ1) is 12.7. The lowest BCUT2D eigenvalue weighted by molar-refractivity contribution is -0.122. The summed E-state index contributed by atoms with van der Waals surface area (Å²) in [6, 6.07) is 10.2. The molecule has 0 spiro atoms. The van der Waals surface area contributed by atoms with Gasteiger partial charge in [-0.1, -0.05) is 6.08 Å². The summed E-state index contributed by atoms with van der Waals surface area (Å²) in [5.41, 5.74) is 1.96. The molecule has 0 radical (unpaired) electrons. The van der Waals surface area contributed by atoms with Gasteiger partial charge in [0.1, 0.15) is 5.76 Å². The zero-order valence-corrected chi connectivity index (χ0v) is 15.3. The number of hydrogen-bond acceptors (Lipinski definition) is 5. The molecule has 5 rings (SSSR count). The molecule has 4 heterocycles. The fourth-order valence-electron chi connectivity index (χ4n) is 4.07. The number of amides is 1. The Morgan fingerprint density at radius 1 is 1.38 bits per heavy atom. The Kier molecular flexibility index (Phi) is 3.69. The number of carbonyl (C=O) groups is 1. The molecule has 5 nitrogen and oxygen atoms in total. The minimum atomic E-state index is -0.0193. The van der Waals surface area contributed by atoms with Crippen molar-refractivity contribution >= 4 is 39.2 Å². The molecule has 2 aromatic heterocycles. The number of rotatable bonds is 4. The van der Waals surface area contributed by atoms with Gasteiger partial charge in [-0.2, -0.15) is 0 Å². The molecular formula is C20H19N3O2S. The van der Waals surface area contributed by atoms with Crippen LogP contribution in [0.4, 0.5) is 5.69 Å². The lowest BCUT2D eigenvalue weighted by atomic mass is 10.2. The van der Waals surface area contributed by atoms with E-state index in [4.69, 9.17) is 4.42 Å². The minimum Gasteiger partial charge on any atom is -0.465 e. The van der Waals surface area contributed by atoms with Crippen LogP contribution < -0.4 is 4.90 Å². The Labute approximate surface area is 155 Å². The molecule has 1 amide bonds. The van der Waals surface area contributed by atoms with Gasteiger partial charge in [0.15, 0.2) is 0 Å². The molecule has 0 aliphatic carbocycles. The molecule has 1 aromatic carbocycles. The SMILES string of the molecule is Cc1nc2cc(N3C(=O)[C@@H]4C[C@H]3CN4C/C=C/c3ccco3)ccc2s1. The first-order valence-electron chi connectivity index (χ1n) is 8.83. The number of hydrogen-bond donors (Lipinski definition) is 0. The molecule has 3 aromatic rings. The number of thiazole rings is 1. The highest BCUT2D eigenvalue weighted by Crippen LogP contribution is 2.37. The van der Waals surface area contributed by atoms with Crippen molar-refractivity contribution in [3.8, 4) is 0 Å². The highest BCUT2D eigenvalue weighted by molar-refractivity contribution is 7.18. The summed E-state index contributed by atoms with van der Waals surface area (Å²) in [5.74, 6) is 1.05. The maximum atomic E-state index is 12.9. The number of fused-ring (bicyclic) bond motifs is 3. The van der Waals surface area contributed by atoms with Gasteiger partial charge in [0.25, 0.3) is 0 Å². The molecular weight excluding hydrogens is 346 g/mol. The van der Waals surface area contributed by atoms with E-state index in [0.29, 0.717) is 0 Å². The van der Waals surface area contributed by atoms with Gasteiger partial charge in [-0.3, -0.25) is 9.69 Å². The van der Waals surface area contributed by atoms with E-state index in [0.717, 1.165) is 41.5 Å². The second kappa shape index (κ2) is 6.07. The Morgan fingerprint density at radius 2 is 2.31 bits per heavy atom. The molecule has 0 saturated carbocycles. The van der Waals surface area contributed by atoms with Gasteiger partial charge in [-0.15, -0.1) is 11.3 Å². The lowest BCUT2D eigenvalue weighted by Crippen LogP contribution is -2.50. The van der Waals surface area contributed by atoms with Gasteiger partial charge in [0, 0.05) is 18.8 Å². The van der Waals surface area contributed by atoms with E-state index in [2.05, 4.69) is 34.2 Å². The third kappa shape index (κ3) is 2.57. The van der Waals surface area contributed by atoms with Gasteiger partial charge in [-0.05, 0) is 49.8 Å². The number of likely N-dealkylation sites (tertiary alicyclic amines) is 1. The fourth-order valence-corrected chi connectivity index (χ4v) is 4.88. The maximum absolute atomic E-state index is 12.9. The average Bonchev–Trinajstić information content (AvgIpc) is 3.37. The van der Waals surface area contributed by atoms with Crippen LogP contribution in [-0.4, -0.2) is 41.0 Å². The second-order valence-corrected chi connectivity index (χ2v) is 8.10. The van der Waals surface area contributed by atoms with Crippen LogP contribution >= 0.6 is 11.3 Å². The first kappa shape index (κ1) is 15.8. The van der Waals surface area contributed by atoms with Gasteiger partial charge in [0.2, 0.25) is 5.91 Å². The number of benzene rings is 1. The Morgan fingerprint density at radius 3 is 3.12 bits per heavy atom. The van der Waals surface area contributed by atoms with Crippen LogP contribution in [0.2, 0.25) is 0 Å². The number of furan rings is 1. The summed E-state index contributed by atoms with van der Waals surface area (Å²) in [6.07, 6.45) is 6.61. The Balaban J connectivity index is 1.32. The molecule has 132 valence electrons. The largest absolute Gasteiger partial charge is 0.465 e. The van der Waals surface area contributed by atoms with Crippen LogP contribution in [0.1, 0.15) is 17.2 Å². The molecule has 2 aliphatic heterocycles. The smallest absolute Gasteiger partial charge is 0.244 e. The van der Waals surface area contributed by atoms with E-state index >= 15 is 0 Å². The summed E-state index contributed by atoms with van der Waals surface area (Å²) in [6.45, 7) is 3.69. The van der Waals surface area contributed by atoms with E-state index in [1.165, 1.54) is 4.70 Å². The maximum Gasteiger partial charge on any atom is 0.244 e. The van der Waals surface area contributed by atoms with Crippen LogP contribution in [0.15, 0.2) is 47.1 Å². The average molecular weight is 365 g/mol. The van der Waals surface area contributed by atoms with E-state index in [1.807, 2.05) is 30.0 Å². The zero-order chi connectivity index (χ0) is 17.7. The number of piperazine rings is 1. The second-order valence-electron chi connectivity index (χ2n) is 6.87. The normalized spacial score (nSPS) is 23.1. The number of nitrogens with zero attached hydrogens (tertiary/aromatic N) is 3. The molecule has 0 N–H and O–H groups in total. The molecule has 2 saturated heterocycles. The van der Waals surface area contributed by atoms with Crippen molar-refractivity contribution in [1.29, 1.82) is 0 Å². The van der Waals surface area contributed by atoms with Gasteiger partial charge in [0.05, 0.1) is 33.6 Å². The number of carbonyl (C=O) groups excluding carboxylic acids is 1. The summed E-state index contributed by atoms with van der Waals surface area (Å²) >= 11 is 1.69. The van der Waals surface area contributed by atoms with Gasteiger partial charge < -0.3 is 9.32 Å². The Hall–Kier alpha value is -2.44. The number of anilines is 1. The monoisotopic (exact) mass is 365 g/mol. The van der Waals surface area contributed by atoms with Crippen molar-refractivity contribution in [3.63, 3.8) is 0 Å². The first-order valence-corrected chi connectivity index (χ1v) is 9.65. The zero-order valence-electron chi connectivity index (χ0n) is 14.5. The predicted molar refractivity (Wildman–Crippen MR) is 103 cm³/mol. The van der Waals surface area contributed by atoms with Gasteiger partial charge in [-0.25, -0.2) is 4.98 Å². The molecule has 6 heteroatoms. The fraction of sp³-hybridized carbons (Fsp3) is 0.300. The number of aromatic nitrogens is 1. The van der Waals surface area contributed by atoms with Crippen molar-refractivity contribution < 1.29 is 9.21 Å². The molecule has 2 atom stereocenters. The third-order valence-corrected chi connectivity index (χ3v) is 6.14. The highest BCUT2D eigenvalue weighted by Gasteiger charge is 2.49. The standard InChI is InChI=1S/C20H19N3O2S/c1-13-21-17-10-14(6-7-19(17)26-13)23-15-11-18(20(23)24)22(12-15)8-2-4-16-5-3-9-25-16/h2-7,9-10,15,18H,8,11-12H2,1H3/b4-2+/t15-,18-/m0/s1. The van der Waals surface area contributed by atoms with Crippen molar-refractivity contribution in [3.05, 3.63) is 53.4 Å². The summed E-state index contributed by atoms with van der Waals surface area (Å²) < 4.78 is 6.48. The summed E-state index contributed by atoms with van der Waals surface area (Å²) in [4.78, 5) is 21.7. The minimum absolute atomic E-state index is 0.0193. The van der Waals surface area contributed by atoms with E-state index in [9.17, 15) is 4.79 Å². The van der Waals surface area contributed by atoms with Crippen molar-refractivity contribution in [2.45, 2.75) is 25.4 Å². The van der Waals surface area contributed by atoms with E-state index in [1.54, 1.807) is 17.6 Å². The van der Waals surface area contributed by atoms with Crippen LogP contribution in [0.25, 0.3) is 16.3 Å². The molecule has 2 fully saturated rings. The van der Waals surface area contributed by atoms with Gasteiger partial charge >= 0.3 is 0 Å². The molecule has 0 unspecified atom stereocenters. The van der Waals surface area contributed by atoms with Crippen LogP contribution in [0, 0.1) is 6.92 Å². The molecule has 2 aliphatic rings. The molecule has 26 heavy (non-hydrogen) atoms. The predicted octanol–water partition coefficient (Wildman–Crippen LogP) is 3.70. The third-order valence-electron chi connectivity index (χ3n) is 5.19. The van der Waals surface area contributed by atoms with Crippen molar-refractivity contribution in [1.82, 2.24) is 9.88 Å². The van der Waals surface area contributed by atoms with Crippen molar-refractivity contribution in [2.24, 2.45) is 0 Å². The van der Waals surface area contributed by atoms with Crippen LogP contribution in [-0.2, 0) is 4.79 Å². The van der Waals surface area contributed by atoms with E-state index < -0.39 is 0 Å². The van der Waals surface area contributed by atoms with Crippen LogP contribution in [0.5, 0.6) is 0 Å². The summed E-state index contributed by atoms with van der Waals surface area (Å²) in [5, 5.41) is 1.06. The topological polar surface area (TPSA) is 49.6 Å². The summed E-state index contributed by atoms with van der Waals surface area (Å²) in [7, 11) is 0. The Bertz CT molecular complexity index is 992. The lowest BCUT2D eigenvalue weighted by Gasteiger charge is -2.33. The quantitative estimate of drug-likeness (QED) is 0.707. The van der Waals surface area contributed by atoms with E-state index in [-0.39, 0.29) is 18.0 Å². The highest BCUT2D eigenvalue weighted by atomic mass is 32.1. The number of aryl methyl sites for hydroxylation is 1. The molecule has 2 bridgehead atoms.